The first-order valence-corrected chi connectivity index (χ1v) is 7.38. The lowest BCUT2D eigenvalue weighted by Crippen LogP contribution is -2.23. The molecule has 1 amide bonds. The van der Waals surface area contributed by atoms with Gasteiger partial charge in [0.15, 0.2) is 0 Å². The number of aryl methyl sites for hydroxylation is 1. The Labute approximate surface area is 132 Å². The summed E-state index contributed by atoms with van der Waals surface area (Å²) in [6.45, 7) is 3.91. The van der Waals surface area contributed by atoms with Gasteiger partial charge in [-0.15, -0.1) is 12.4 Å². The molecule has 0 radical (unpaired) electrons. The van der Waals surface area contributed by atoms with Crippen LogP contribution in [0.2, 0.25) is 0 Å². The molecule has 0 bridgehead atoms. The van der Waals surface area contributed by atoms with Gasteiger partial charge in [0, 0.05) is 18.5 Å². The van der Waals surface area contributed by atoms with E-state index in [-0.39, 0.29) is 18.3 Å². The van der Waals surface area contributed by atoms with E-state index >= 15 is 0 Å². The van der Waals surface area contributed by atoms with E-state index in [1.165, 1.54) is 18.4 Å². The van der Waals surface area contributed by atoms with Gasteiger partial charge in [-0.2, -0.15) is 0 Å². The highest BCUT2D eigenvalue weighted by atomic mass is 35.5. The van der Waals surface area contributed by atoms with Gasteiger partial charge in [-0.1, -0.05) is 12.1 Å². The number of hydrogen-bond donors (Lipinski definition) is 2. The highest BCUT2D eigenvalue weighted by Crippen LogP contribution is 2.30. The third-order valence-electron chi connectivity index (χ3n) is 3.48. The number of rotatable bonds is 8. The van der Waals surface area contributed by atoms with E-state index in [1.54, 1.807) is 0 Å². The second-order valence-corrected chi connectivity index (χ2v) is 5.53. The molecule has 0 spiro atoms. The zero-order chi connectivity index (χ0) is 14.4. The summed E-state index contributed by atoms with van der Waals surface area (Å²) in [4.78, 5) is 11.6. The SMILES string of the molecule is Cc1ccc(CNC(=O)CCCN)c(OCC2CC2)c1.Cl. The zero-order valence-electron chi connectivity index (χ0n) is 12.6. The van der Waals surface area contributed by atoms with E-state index in [4.69, 9.17) is 10.5 Å². The van der Waals surface area contributed by atoms with Crippen LogP contribution in [0.15, 0.2) is 18.2 Å². The first-order valence-electron chi connectivity index (χ1n) is 7.38. The van der Waals surface area contributed by atoms with Crippen molar-refractivity contribution in [2.45, 2.75) is 39.2 Å². The lowest BCUT2D eigenvalue weighted by Gasteiger charge is -2.13. The average Bonchev–Trinajstić information content (AvgIpc) is 3.26. The van der Waals surface area contributed by atoms with Gasteiger partial charge in [-0.05, 0) is 50.3 Å². The monoisotopic (exact) mass is 312 g/mol. The van der Waals surface area contributed by atoms with Crippen LogP contribution < -0.4 is 15.8 Å². The predicted molar refractivity (Wildman–Crippen MR) is 86.8 cm³/mol. The van der Waals surface area contributed by atoms with Crippen LogP contribution in [-0.2, 0) is 11.3 Å². The van der Waals surface area contributed by atoms with Crippen molar-refractivity contribution in [1.29, 1.82) is 0 Å². The third kappa shape index (κ3) is 6.36. The fraction of sp³-hybridized carbons (Fsp3) is 0.562. The Balaban J connectivity index is 0.00000220. The van der Waals surface area contributed by atoms with Crippen LogP contribution in [0.25, 0.3) is 0 Å². The molecule has 1 aliphatic rings. The molecular weight excluding hydrogens is 288 g/mol. The van der Waals surface area contributed by atoms with Crippen LogP contribution in [-0.4, -0.2) is 19.1 Å². The molecule has 21 heavy (non-hydrogen) atoms. The molecule has 0 aromatic heterocycles. The van der Waals surface area contributed by atoms with Gasteiger partial charge in [0.2, 0.25) is 5.91 Å². The molecule has 118 valence electrons. The van der Waals surface area contributed by atoms with Crippen molar-refractivity contribution in [3.05, 3.63) is 29.3 Å². The van der Waals surface area contributed by atoms with Gasteiger partial charge < -0.3 is 15.8 Å². The van der Waals surface area contributed by atoms with Gasteiger partial charge in [0.1, 0.15) is 5.75 Å². The zero-order valence-corrected chi connectivity index (χ0v) is 13.4. The lowest BCUT2D eigenvalue weighted by molar-refractivity contribution is -0.121. The summed E-state index contributed by atoms with van der Waals surface area (Å²) in [6.07, 6.45) is 3.76. The number of ether oxygens (including phenoxy) is 1. The van der Waals surface area contributed by atoms with E-state index in [1.807, 2.05) is 25.1 Å². The number of hydrogen-bond acceptors (Lipinski definition) is 3. The normalized spacial score (nSPS) is 13.4. The number of amides is 1. The molecule has 1 saturated carbocycles. The van der Waals surface area contributed by atoms with Crippen LogP contribution in [0, 0.1) is 12.8 Å². The molecule has 1 aliphatic carbocycles. The highest BCUT2D eigenvalue weighted by Gasteiger charge is 2.22. The molecule has 2 rings (SSSR count). The summed E-state index contributed by atoms with van der Waals surface area (Å²) in [5.41, 5.74) is 7.61. The maximum atomic E-state index is 11.6. The van der Waals surface area contributed by atoms with E-state index in [0.29, 0.717) is 19.5 Å². The van der Waals surface area contributed by atoms with Crippen LogP contribution >= 0.6 is 12.4 Å². The number of nitrogens with one attached hydrogen (secondary N) is 1. The number of halogens is 1. The molecule has 1 aromatic carbocycles. The minimum Gasteiger partial charge on any atom is -0.493 e. The Bertz CT molecular complexity index is 462. The minimum absolute atomic E-state index is 0. The fourth-order valence-corrected chi connectivity index (χ4v) is 1.98. The second kappa shape index (κ2) is 8.90. The smallest absolute Gasteiger partial charge is 0.220 e. The minimum atomic E-state index is 0. The van der Waals surface area contributed by atoms with Crippen molar-refractivity contribution < 1.29 is 9.53 Å². The average molecular weight is 313 g/mol. The molecule has 1 fully saturated rings. The summed E-state index contributed by atoms with van der Waals surface area (Å²) in [5.74, 6) is 1.67. The number of carbonyl (C=O) groups is 1. The Morgan fingerprint density at radius 3 is 2.86 bits per heavy atom. The third-order valence-corrected chi connectivity index (χ3v) is 3.48. The summed E-state index contributed by atoms with van der Waals surface area (Å²) in [5, 5.41) is 2.92. The number of benzene rings is 1. The summed E-state index contributed by atoms with van der Waals surface area (Å²) < 4.78 is 5.88. The van der Waals surface area contributed by atoms with Crippen LogP contribution in [0.5, 0.6) is 5.75 Å². The van der Waals surface area contributed by atoms with Crippen LogP contribution in [0.3, 0.4) is 0 Å². The van der Waals surface area contributed by atoms with Gasteiger partial charge in [-0.25, -0.2) is 0 Å². The summed E-state index contributed by atoms with van der Waals surface area (Å²) in [7, 11) is 0. The topological polar surface area (TPSA) is 64.4 Å². The standard InChI is InChI=1S/C16H24N2O2.ClH/c1-12-4-7-14(10-18-16(19)3-2-8-17)15(9-12)20-11-13-5-6-13;/h4,7,9,13H,2-3,5-6,8,10-11,17H2,1H3,(H,18,19);1H. The Hall–Kier alpha value is -1.26. The van der Waals surface area contributed by atoms with Crippen molar-refractivity contribution >= 4 is 18.3 Å². The molecule has 0 saturated heterocycles. The van der Waals surface area contributed by atoms with Crippen LogP contribution in [0.1, 0.15) is 36.8 Å². The molecule has 0 atom stereocenters. The molecule has 1 aromatic rings. The van der Waals surface area contributed by atoms with Crippen molar-refractivity contribution in [3.63, 3.8) is 0 Å². The maximum absolute atomic E-state index is 11.6. The fourth-order valence-electron chi connectivity index (χ4n) is 1.98. The summed E-state index contributed by atoms with van der Waals surface area (Å²) >= 11 is 0. The first kappa shape index (κ1) is 17.8. The number of carbonyl (C=O) groups excluding carboxylic acids is 1. The number of nitrogens with two attached hydrogens (primary N) is 1. The molecule has 0 heterocycles. The van der Waals surface area contributed by atoms with Crippen molar-refractivity contribution in [2.75, 3.05) is 13.2 Å². The van der Waals surface area contributed by atoms with Crippen LogP contribution in [0.4, 0.5) is 0 Å². The maximum Gasteiger partial charge on any atom is 0.220 e. The Morgan fingerprint density at radius 1 is 1.43 bits per heavy atom. The second-order valence-electron chi connectivity index (χ2n) is 5.53. The molecule has 0 aliphatic heterocycles. The predicted octanol–water partition coefficient (Wildman–Crippen LogP) is 2.56. The van der Waals surface area contributed by atoms with Crippen molar-refractivity contribution in [1.82, 2.24) is 5.32 Å². The van der Waals surface area contributed by atoms with E-state index in [9.17, 15) is 4.79 Å². The Kier molecular flexibility index (Phi) is 7.54. The molecule has 3 N–H and O–H groups in total. The largest absolute Gasteiger partial charge is 0.493 e. The van der Waals surface area contributed by atoms with Gasteiger partial charge >= 0.3 is 0 Å². The van der Waals surface area contributed by atoms with E-state index in [0.717, 1.165) is 30.3 Å². The van der Waals surface area contributed by atoms with E-state index in [2.05, 4.69) is 5.32 Å². The van der Waals surface area contributed by atoms with E-state index < -0.39 is 0 Å². The quantitative estimate of drug-likeness (QED) is 0.775. The van der Waals surface area contributed by atoms with Gasteiger partial charge in [0.25, 0.3) is 0 Å². The first-order chi connectivity index (χ1) is 9.69. The molecule has 0 unspecified atom stereocenters. The van der Waals surface area contributed by atoms with Gasteiger partial charge in [0.05, 0.1) is 6.61 Å². The van der Waals surface area contributed by atoms with Crippen molar-refractivity contribution in [2.24, 2.45) is 11.7 Å². The lowest BCUT2D eigenvalue weighted by atomic mass is 10.1. The van der Waals surface area contributed by atoms with Gasteiger partial charge in [-0.3, -0.25) is 4.79 Å². The molecular formula is C16H25ClN2O2. The highest BCUT2D eigenvalue weighted by molar-refractivity contribution is 5.85. The van der Waals surface area contributed by atoms with Crippen molar-refractivity contribution in [3.8, 4) is 5.75 Å². The summed E-state index contributed by atoms with van der Waals surface area (Å²) in [6, 6.07) is 6.12. The molecule has 4 nitrogen and oxygen atoms in total. The Morgan fingerprint density at radius 2 is 2.19 bits per heavy atom. The molecule has 5 heteroatoms.